The SMILES string of the molecule is O=C1S/C(=C/c2ccc(-c3ccc(Cl)cc3[N+](=O)[O-])o2)C(=O)N1Cc1c(Cl)cccc1Cl. The zero-order valence-electron chi connectivity index (χ0n) is 15.9. The zero-order chi connectivity index (χ0) is 23.0. The Kier molecular flexibility index (Phi) is 6.30. The standard InChI is InChI=1S/C21H11Cl3N2O5S/c22-11-4-6-13(17(8-11)26(29)30)18-7-5-12(31-18)9-19-20(27)25(21(28)32-19)10-14-15(23)2-1-3-16(14)24/h1-9H,10H2/b19-9+. The summed E-state index contributed by atoms with van der Waals surface area (Å²) in [5.74, 6) is -0.0429. The molecule has 1 aliphatic heterocycles. The average molecular weight is 510 g/mol. The maximum atomic E-state index is 12.8. The monoisotopic (exact) mass is 508 g/mol. The second-order valence-electron chi connectivity index (χ2n) is 6.59. The average Bonchev–Trinajstić information content (AvgIpc) is 3.30. The molecule has 1 fully saturated rings. The third-order valence-electron chi connectivity index (χ3n) is 4.57. The van der Waals surface area contributed by atoms with E-state index in [1.807, 2.05) is 0 Å². The first-order chi connectivity index (χ1) is 15.2. The fourth-order valence-electron chi connectivity index (χ4n) is 3.05. The number of amides is 2. The van der Waals surface area contributed by atoms with Crippen LogP contribution in [0.3, 0.4) is 0 Å². The molecule has 0 saturated carbocycles. The van der Waals surface area contributed by atoms with E-state index < -0.39 is 16.1 Å². The van der Waals surface area contributed by atoms with E-state index in [-0.39, 0.29) is 39.2 Å². The molecule has 1 aromatic heterocycles. The van der Waals surface area contributed by atoms with E-state index in [9.17, 15) is 19.7 Å². The maximum absolute atomic E-state index is 12.8. The fourth-order valence-corrected chi connectivity index (χ4v) is 4.55. The van der Waals surface area contributed by atoms with Gasteiger partial charge in [-0.05, 0) is 48.2 Å². The minimum absolute atomic E-state index is 0.0686. The van der Waals surface area contributed by atoms with E-state index in [4.69, 9.17) is 39.2 Å². The molecule has 162 valence electrons. The number of nitro groups is 1. The van der Waals surface area contributed by atoms with E-state index in [0.717, 1.165) is 16.7 Å². The van der Waals surface area contributed by atoms with Crippen LogP contribution in [-0.2, 0) is 11.3 Å². The van der Waals surface area contributed by atoms with Gasteiger partial charge in [-0.3, -0.25) is 24.6 Å². The number of hydrogen-bond donors (Lipinski definition) is 0. The summed E-state index contributed by atoms with van der Waals surface area (Å²) >= 11 is 18.9. The third kappa shape index (κ3) is 4.40. The number of carbonyl (C=O) groups is 2. The molecule has 32 heavy (non-hydrogen) atoms. The fraction of sp³-hybridized carbons (Fsp3) is 0.0476. The molecule has 4 rings (SSSR count). The molecule has 1 aliphatic rings. The van der Waals surface area contributed by atoms with Gasteiger partial charge in [0.1, 0.15) is 11.5 Å². The van der Waals surface area contributed by atoms with Gasteiger partial charge in [-0.25, -0.2) is 0 Å². The van der Waals surface area contributed by atoms with E-state index in [2.05, 4.69) is 0 Å². The molecule has 0 unspecified atom stereocenters. The Hall–Kier alpha value is -2.78. The summed E-state index contributed by atoms with van der Waals surface area (Å²) in [7, 11) is 0. The van der Waals surface area contributed by atoms with Crippen LogP contribution in [0.5, 0.6) is 0 Å². The van der Waals surface area contributed by atoms with E-state index in [1.165, 1.54) is 30.3 Å². The van der Waals surface area contributed by atoms with Crippen molar-refractivity contribution in [1.29, 1.82) is 0 Å². The van der Waals surface area contributed by atoms with Gasteiger partial charge in [0.05, 0.1) is 21.9 Å². The molecule has 2 amide bonds. The summed E-state index contributed by atoms with van der Waals surface area (Å²) in [6.07, 6.45) is 1.41. The van der Waals surface area contributed by atoms with Crippen LogP contribution < -0.4 is 0 Å². The number of carbonyl (C=O) groups excluding carboxylic acids is 2. The molecule has 0 N–H and O–H groups in total. The molecule has 0 spiro atoms. The molecule has 7 nitrogen and oxygen atoms in total. The predicted octanol–water partition coefficient (Wildman–Crippen LogP) is 7.05. The van der Waals surface area contributed by atoms with E-state index in [0.29, 0.717) is 15.6 Å². The van der Waals surface area contributed by atoms with Crippen molar-refractivity contribution < 1.29 is 18.9 Å². The van der Waals surface area contributed by atoms with Gasteiger partial charge in [0, 0.05) is 32.8 Å². The lowest BCUT2D eigenvalue weighted by Crippen LogP contribution is -2.27. The minimum Gasteiger partial charge on any atom is -0.456 e. The van der Waals surface area contributed by atoms with Crippen LogP contribution >= 0.6 is 46.6 Å². The van der Waals surface area contributed by atoms with Crippen molar-refractivity contribution in [2.75, 3.05) is 0 Å². The number of furan rings is 1. The van der Waals surface area contributed by atoms with Gasteiger partial charge in [-0.2, -0.15) is 0 Å². The number of imide groups is 1. The highest BCUT2D eigenvalue weighted by molar-refractivity contribution is 8.18. The summed E-state index contributed by atoms with van der Waals surface area (Å²) in [5.41, 5.74) is 0.491. The lowest BCUT2D eigenvalue weighted by atomic mass is 10.1. The maximum Gasteiger partial charge on any atom is 0.293 e. The van der Waals surface area contributed by atoms with Gasteiger partial charge in [-0.15, -0.1) is 0 Å². The Balaban J connectivity index is 1.60. The molecule has 2 aromatic carbocycles. The predicted molar refractivity (Wildman–Crippen MR) is 124 cm³/mol. The van der Waals surface area contributed by atoms with Gasteiger partial charge in [-0.1, -0.05) is 40.9 Å². The first kappa shape index (κ1) is 22.4. The summed E-state index contributed by atoms with van der Waals surface area (Å²) < 4.78 is 5.68. The Bertz CT molecular complexity index is 1280. The first-order valence-electron chi connectivity index (χ1n) is 8.97. The number of halogens is 3. The number of rotatable bonds is 5. The highest BCUT2D eigenvalue weighted by Gasteiger charge is 2.36. The van der Waals surface area contributed by atoms with Crippen LogP contribution in [0.15, 0.2) is 57.9 Å². The Morgan fingerprint density at radius 3 is 2.47 bits per heavy atom. The second-order valence-corrected chi connectivity index (χ2v) is 8.83. The van der Waals surface area contributed by atoms with E-state index in [1.54, 1.807) is 24.3 Å². The summed E-state index contributed by atoms with van der Waals surface area (Å²) in [6, 6.07) is 12.2. The van der Waals surface area contributed by atoms with E-state index >= 15 is 0 Å². The van der Waals surface area contributed by atoms with Crippen LogP contribution in [0.1, 0.15) is 11.3 Å². The summed E-state index contributed by atoms with van der Waals surface area (Å²) in [5, 5.41) is 11.8. The van der Waals surface area contributed by atoms with Gasteiger partial charge < -0.3 is 4.42 Å². The number of thioether (sulfide) groups is 1. The molecule has 0 aliphatic carbocycles. The van der Waals surface area contributed by atoms with Crippen LogP contribution in [-0.4, -0.2) is 21.0 Å². The topological polar surface area (TPSA) is 93.7 Å². The van der Waals surface area contributed by atoms with Gasteiger partial charge in [0.2, 0.25) is 0 Å². The summed E-state index contributed by atoms with van der Waals surface area (Å²) in [6.45, 7) is -0.0686. The molecule has 11 heteroatoms. The molecule has 0 radical (unpaired) electrons. The van der Waals surface area contributed by atoms with Crippen molar-refractivity contribution in [1.82, 2.24) is 4.90 Å². The van der Waals surface area contributed by atoms with Crippen LogP contribution in [0.25, 0.3) is 17.4 Å². The zero-order valence-corrected chi connectivity index (χ0v) is 19.0. The quantitative estimate of drug-likeness (QED) is 0.208. The van der Waals surface area contributed by atoms with Crippen molar-refractivity contribution in [2.24, 2.45) is 0 Å². The van der Waals surface area contributed by atoms with Gasteiger partial charge in [0.25, 0.3) is 16.8 Å². The molecule has 0 bridgehead atoms. The van der Waals surface area contributed by atoms with Crippen LogP contribution in [0.4, 0.5) is 10.5 Å². The highest BCUT2D eigenvalue weighted by Crippen LogP contribution is 2.37. The van der Waals surface area contributed by atoms with Gasteiger partial charge >= 0.3 is 0 Å². The van der Waals surface area contributed by atoms with Crippen molar-refractivity contribution >= 4 is 69.5 Å². The molecule has 2 heterocycles. The van der Waals surface area contributed by atoms with Crippen molar-refractivity contribution in [3.63, 3.8) is 0 Å². The summed E-state index contributed by atoms with van der Waals surface area (Å²) in [4.78, 5) is 37.2. The Morgan fingerprint density at radius 2 is 1.78 bits per heavy atom. The lowest BCUT2D eigenvalue weighted by molar-refractivity contribution is -0.384. The van der Waals surface area contributed by atoms with Crippen molar-refractivity contribution in [2.45, 2.75) is 6.54 Å². The Labute approximate surface area is 200 Å². The molecule has 0 atom stereocenters. The van der Waals surface area contributed by atoms with Crippen molar-refractivity contribution in [3.8, 4) is 11.3 Å². The number of nitrogens with zero attached hydrogens (tertiary/aromatic N) is 2. The normalized spacial score (nSPS) is 15.1. The number of hydrogen-bond acceptors (Lipinski definition) is 6. The molecular weight excluding hydrogens is 499 g/mol. The second kappa shape index (κ2) is 8.99. The van der Waals surface area contributed by atoms with Crippen molar-refractivity contribution in [3.05, 3.63) is 89.9 Å². The molecular formula is C21H11Cl3N2O5S. The molecule has 3 aromatic rings. The largest absolute Gasteiger partial charge is 0.456 e. The smallest absolute Gasteiger partial charge is 0.293 e. The first-order valence-corrected chi connectivity index (χ1v) is 10.9. The number of nitro benzene ring substituents is 1. The molecule has 1 saturated heterocycles. The van der Waals surface area contributed by atoms with Crippen LogP contribution in [0, 0.1) is 10.1 Å². The third-order valence-corrected chi connectivity index (χ3v) is 6.42. The number of benzene rings is 2. The highest BCUT2D eigenvalue weighted by atomic mass is 35.5. The van der Waals surface area contributed by atoms with Crippen LogP contribution in [0.2, 0.25) is 15.1 Å². The Morgan fingerprint density at radius 1 is 1.06 bits per heavy atom. The lowest BCUT2D eigenvalue weighted by Gasteiger charge is -2.14. The van der Waals surface area contributed by atoms with Gasteiger partial charge in [0.15, 0.2) is 0 Å². The minimum atomic E-state index is -0.561.